The zero-order valence-corrected chi connectivity index (χ0v) is 35.0. The minimum absolute atomic E-state index is 0.0193. The molecule has 4 heterocycles. The number of hydrogen-bond acceptors (Lipinski definition) is 14. The van der Waals surface area contributed by atoms with Crippen molar-refractivity contribution in [3.63, 3.8) is 0 Å². The van der Waals surface area contributed by atoms with Crippen molar-refractivity contribution < 1.29 is 38.2 Å². The van der Waals surface area contributed by atoms with Gasteiger partial charge in [-0.15, -0.1) is 11.8 Å². The lowest BCUT2D eigenvalue weighted by Crippen LogP contribution is -2.53. The number of ether oxygens (including phenoxy) is 2. The first-order valence-corrected chi connectivity index (χ1v) is 22.1. The second kappa shape index (κ2) is 24.8. The van der Waals surface area contributed by atoms with E-state index in [-0.39, 0.29) is 98.1 Å². The first kappa shape index (κ1) is 47.4. The van der Waals surface area contributed by atoms with Gasteiger partial charge in [0, 0.05) is 48.8 Å². The zero-order chi connectivity index (χ0) is 43.4. The Bertz CT molecular complexity index is 1870. The highest BCUT2D eigenvalue weighted by atomic mass is 32.2. The molecule has 0 radical (unpaired) electrons. The summed E-state index contributed by atoms with van der Waals surface area (Å²) in [5, 5.41) is 14.5. The predicted octanol–water partition coefficient (Wildman–Crippen LogP) is -1.53. The standard InChI is InChI=1S/C36H57N13O9S2/c37-26-15-24-31(34(55)47-26)43-19-49(24)20-57-13-14-58-29(52)18-59-16-23(32(38)53)45-33(54)21(7-6-12-42-35(39)40)44-28(51)10-2-1-5-11-41-27(50)9-4-3-8-25-30-22(17-60-25)46-36(56)48-30/h15,19,21-23,25,30H,1-14,16-18,20H2,(H2,38,53)(H,41,50)(H,44,51)(H,45,54)(H3,37,47,55)(H4,39,40,42)(H2,46,48,56)/t21?,22-,23-,25-,30-/m0/s1. The lowest BCUT2D eigenvalue weighted by atomic mass is 10.0. The Labute approximate surface area is 355 Å². The second-order valence-corrected chi connectivity index (χ2v) is 16.6. The fourth-order valence-corrected chi connectivity index (χ4v) is 8.95. The Balaban J connectivity index is 1.09. The van der Waals surface area contributed by atoms with Crippen LogP contribution in [0.15, 0.2) is 22.2 Å². The van der Waals surface area contributed by atoms with Crippen LogP contribution in [0.4, 0.5) is 10.6 Å². The molecular weight excluding hydrogens is 823 g/mol. The number of nitrogens with zero attached hydrogens (tertiary/aromatic N) is 3. The lowest BCUT2D eigenvalue weighted by molar-refractivity contribution is -0.142. The van der Waals surface area contributed by atoms with Gasteiger partial charge in [-0.2, -0.15) is 11.8 Å². The van der Waals surface area contributed by atoms with Gasteiger partial charge in [0.2, 0.25) is 23.6 Å². The number of aromatic amines is 1. The number of unbranched alkanes of at least 4 members (excludes halogenated alkanes) is 3. The largest absolute Gasteiger partial charge is 0.463 e. The monoisotopic (exact) mass is 879 g/mol. The van der Waals surface area contributed by atoms with Gasteiger partial charge in [0.05, 0.1) is 36.3 Å². The number of esters is 1. The fourth-order valence-electron chi connectivity index (χ4n) is 6.56. The summed E-state index contributed by atoms with van der Waals surface area (Å²) in [7, 11) is 0. The normalized spacial score (nSPS) is 17.8. The minimum atomic E-state index is -1.15. The zero-order valence-electron chi connectivity index (χ0n) is 33.4. The Kier molecular flexibility index (Phi) is 19.6. The molecule has 2 saturated heterocycles. The van der Waals surface area contributed by atoms with E-state index in [4.69, 9.17) is 32.4 Å². The van der Waals surface area contributed by atoms with Gasteiger partial charge in [0.15, 0.2) is 11.5 Å². The highest BCUT2D eigenvalue weighted by Gasteiger charge is 2.42. The van der Waals surface area contributed by atoms with Crippen LogP contribution in [-0.4, -0.2) is 129 Å². The van der Waals surface area contributed by atoms with Crippen molar-refractivity contribution in [2.24, 2.45) is 22.2 Å². The Morgan fingerprint density at radius 3 is 2.55 bits per heavy atom. The number of guanidine groups is 1. The molecule has 22 nitrogen and oxygen atoms in total. The van der Waals surface area contributed by atoms with Gasteiger partial charge in [-0.05, 0) is 38.5 Å². The molecule has 0 aliphatic carbocycles. The van der Waals surface area contributed by atoms with Crippen molar-refractivity contribution in [1.29, 1.82) is 0 Å². The fraction of sp³-hybridized carbons (Fsp3) is 0.639. The quantitative estimate of drug-likeness (QED) is 0.0152. The van der Waals surface area contributed by atoms with Gasteiger partial charge in [-0.1, -0.05) is 12.8 Å². The number of fused-ring (bicyclic) bond motifs is 2. The number of carbonyl (C=O) groups excluding carboxylic acids is 6. The number of imidazole rings is 1. The number of anilines is 1. The molecular formula is C36H57N13O9S2. The smallest absolute Gasteiger partial charge is 0.315 e. The van der Waals surface area contributed by atoms with E-state index in [1.807, 2.05) is 11.8 Å². The summed E-state index contributed by atoms with van der Waals surface area (Å²) < 4.78 is 12.3. The molecule has 2 aliphatic heterocycles. The molecule has 2 aliphatic rings. The predicted molar refractivity (Wildman–Crippen MR) is 227 cm³/mol. The average Bonchev–Trinajstić information content (AvgIpc) is 3.89. The summed E-state index contributed by atoms with van der Waals surface area (Å²) in [6, 6.07) is -0.358. The number of nitrogens with one attached hydrogen (secondary N) is 6. The highest BCUT2D eigenvalue weighted by Crippen LogP contribution is 2.33. The van der Waals surface area contributed by atoms with E-state index >= 15 is 0 Å². The number of urea groups is 1. The third-order valence-corrected chi connectivity index (χ3v) is 12.1. The number of H-pyrrole nitrogens is 1. The van der Waals surface area contributed by atoms with Gasteiger partial charge in [-0.3, -0.25) is 33.8 Å². The Morgan fingerprint density at radius 1 is 0.983 bits per heavy atom. The number of aromatic nitrogens is 3. The SMILES string of the molecule is NC(=O)[C@H](CSCC(=O)OCCOCn1cnc2c(=O)[nH]c(N)cc21)NC(=O)C(CCCN=C(N)N)NC(=O)CCCCCNC(=O)CCCC[C@@H]1SC[C@@H]2NC(=O)N[C@@H]21. The molecule has 4 rings (SSSR count). The van der Waals surface area contributed by atoms with E-state index in [1.165, 1.54) is 6.33 Å². The van der Waals surface area contributed by atoms with Crippen LogP contribution in [0, 0.1) is 0 Å². The highest BCUT2D eigenvalue weighted by molar-refractivity contribution is 8.00. The molecule has 6 amide bonds. The van der Waals surface area contributed by atoms with Gasteiger partial charge in [-0.25, -0.2) is 9.78 Å². The number of aliphatic imine (C=N–C) groups is 1. The van der Waals surface area contributed by atoms with E-state index in [9.17, 15) is 33.6 Å². The maximum atomic E-state index is 13.3. The topological polar surface area (TPSA) is 348 Å². The molecule has 0 spiro atoms. The molecule has 0 bridgehead atoms. The summed E-state index contributed by atoms with van der Waals surface area (Å²) in [5.74, 6) is -1.63. The van der Waals surface area contributed by atoms with Crippen molar-refractivity contribution in [2.75, 3.05) is 49.3 Å². The van der Waals surface area contributed by atoms with Crippen LogP contribution in [0.5, 0.6) is 0 Å². The summed E-state index contributed by atoms with van der Waals surface area (Å²) in [5.41, 5.74) is 22.3. The van der Waals surface area contributed by atoms with E-state index in [0.29, 0.717) is 49.4 Å². The summed E-state index contributed by atoms with van der Waals surface area (Å²) in [4.78, 5) is 96.9. The molecule has 2 aromatic heterocycles. The Morgan fingerprint density at radius 2 is 1.77 bits per heavy atom. The van der Waals surface area contributed by atoms with Crippen LogP contribution in [0.1, 0.15) is 64.2 Å². The van der Waals surface area contributed by atoms with Crippen LogP contribution in [-0.2, 0) is 40.2 Å². The number of nitrogen functional groups attached to an aromatic ring is 1. The molecule has 2 aromatic rings. The minimum Gasteiger partial charge on any atom is -0.463 e. The van der Waals surface area contributed by atoms with Crippen molar-refractivity contribution in [3.8, 4) is 0 Å². The van der Waals surface area contributed by atoms with Gasteiger partial charge >= 0.3 is 12.0 Å². The number of pyridine rings is 1. The maximum absolute atomic E-state index is 13.3. The molecule has 60 heavy (non-hydrogen) atoms. The third kappa shape index (κ3) is 16.1. The first-order chi connectivity index (χ1) is 28.8. The first-order valence-electron chi connectivity index (χ1n) is 19.8. The molecule has 0 saturated carbocycles. The van der Waals surface area contributed by atoms with Gasteiger partial charge in [0.1, 0.15) is 31.2 Å². The molecule has 0 aromatic carbocycles. The molecule has 2 fully saturated rings. The summed E-state index contributed by atoms with van der Waals surface area (Å²) in [6.45, 7) is 0.723. The molecule has 1 unspecified atom stereocenters. The van der Waals surface area contributed by atoms with Crippen molar-refractivity contribution >= 4 is 82.0 Å². The van der Waals surface area contributed by atoms with E-state index in [2.05, 4.69) is 41.5 Å². The number of carbonyl (C=O) groups is 6. The van der Waals surface area contributed by atoms with E-state index < -0.39 is 35.4 Å². The lowest BCUT2D eigenvalue weighted by Gasteiger charge is -2.22. The Hall–Kier alpha value is -5.23. The van der Waals surface area contributed by atoms with Gasteiger partial charge < -0.3 is 68.5 Å². The molecule has 332 valence electrons. The van der Waals surface area contributed by atoms with Crippen molar-refractivity contribution in [3.05, 3.63) is 22.7 Å². The van der Waals surface area contributed by atoms with Crippen LogP contribution < -0.4 is 55.1 Å². The van der Waals surface area contributed by atoms with Crippen LogP contribution >= 0.6 is 23.5 Å². The summed E-state index contributed by atoms with van der Waals surface area (Å²) in [6.07, 6.45) is 7.02. The van der Waals surface area contributed by atoms with E-state index in [0.717, 1.165) is 36.8 Å². The number of rotatable bonds is 28. The molecule has 14 N–H and O–H groups in total. The summed E-state index contributed by atoms with van der Waals surface area (Å²) >= 11 is 2.88. The number of thioether (sulfide) groups is 2. The second-order valence-electron chi connectivity index (χ2n) is 14.3. The number of amides is 6. The molecule has 24 heteroatoms. The average molecular weight is 880 g/mol. The van der Waals surface area contributed by atoms with Crippen molar-refractivity contribution in [1.82, 2.24) is 41.1 Å². The number of hydrogen-bond donors (Lipinski definition) is 10. The van der Waals surface area contributed by atoms with Crippen LogP contribution in [0.3, 0.4) is 0 Å². The van der Waals surface area contributed by atoms with Crippen LogP contribution in [0.25, 0.3) is 11.0 Å². The van der Waals surface area contributed by atoms with Crippen LogP contribution in [0.2, 0.25) is 0 Å². The van der Waals surface area contributed by atoms with Gasteiger partial charge in [0.25, 0.3) is 5.56 Å². The van der Waals surface area contributed by atoms with E-state index in [1.54, 1.807) is 10.6 Å². The third-order valence-electron chi connectivity index (χ3n) is 9.61. The number of nitrogens with two attached hydrogens (primary N) is 4. The molecule has 5 atom stereocenters. The maximum Gasteiger partial charge on any atom is 0.315 e. The van der Waals surface area contributed by atoms with Crippen molar-refractivity contribution in [2.45, 2.75) is 100 Å². The number of primary amides is 1.